The van der Waals surface area contributed by atoms with E-state index in [9.17, 15) is 0 Å². The zero-order valence-electron chi connectivity index (χ0n) is 7.41. The van der Waals surface area contributed by atoms with Gasteiger partial charge in [0.05, 0.1) is 6.61 Å². The van der Waals surface area contributed by atoms with Crippen LogP contribution in [-0.2, 0) is 6.42 Å². The van der Waals surface area contributed by atoms with Gasteiger partial charge in [0, 0.05) is 10.5 Å². The molecule has 2 nitrogen and oxygen atoms in total. The van der Waals surface area contributed by atoms with Gasteiger partial charge in [0.2, 0.25) is 0 Å². The van der Waals surface area contributed by atoms with Crippen molar-refractivity contribution in [3.63, 3.8) is 0 Å². The Labute approximate surface area is 86.9 Å². The third-order valence-electron chi connectivity index (χ3n) is 1.93. The number of halogens is 1. The predicted octanol–water partition coefficient (Wildman–Crippen LogP) is 1.70. The van der Waals surface area contributed by atoms with Crippen LogP contribution in [0.5, 0.6) is 0 Å². The molecule has 1 aromatic carbocycles. The summed E-state index contributed by atoms with van der Waals surface area (Å²) in [4.78, 5) is 0. The summed E-state index contributed by atoms with van der Waals surface area (Å²) in [5.74, 6) is 0. The van der Waals surface area contributed by atoms with Crippen LogP contribution < -0.4 is 5.73 Å². The van der Waals surface area contributed by atoms with Crippen molar-refractivity contribution in [3.8, 4) is 0 Å². The number of hydrogen-bond donors (Lipinski definition) is 2. The van der Waals surface area contributed by atoms with E-state index in [1.807, 2.05) is 12.1 Å². The summed E-state index contributed by atoms with van der Waals surface area (Å²) in [6.07, 6.45) is 1.74. The molecule has 0 aliphatic carbocycles. The highest BCUT2D eigenvalue weighted by Gasteiger charge is 2.00. The number of nitrogens with two attached hydrogens (primary N) is 1. The maximum atomic E-state index is 8.73. The number of aliphatic hydroxyl groups excluding tert-OH is 1. The van der Waals surface area contributed by atoms with Crippen molar-refractivity contribution in [2.24, 2.45) is 5.73 Å². The molecule has 0 saturated carbocycles. The van der Waals surface area contributed by atoms with E-state index in [1.165, 1.54) is 5.56 Å². The third kappa shape index (κ3) is 3.89. The van der Waals surface area contributed by atoms with Crippen LogP contribution in [-0.4, -0.2) is 17.8 Å². The lowest BCUT2D eigenvalue weighted by molar-refractivity contribution is 0.260. The van der Waals surface area contributed by atoms with Crippen LogP contribution in [0.1, 0.15) is 12.0 Å². The highest BCUT2D eigenvalue weighted by Crippen LogP contribution is 2.13. The largest absolute Gasteiger partial charge is 0.395 e. The summed E-state index contributed by atoms with van der Waals surface area (Å²) in [6.45, 7) is 0.0635. The van der Waals surface area contributed by atoms with Crippen LogP contribution in [0.25, 0.3) is 0 Å². The summed E-state index contributed by atoms with van der Waals surface area (Å²) in [5.41, 5.74) is 6.85. The molecule has 1 aromatic rings. The van der Waals surface area contributed by atoms with E-state index < -0.39 is 0 Å². The summed E-state index contributed by atoms with van der Waals surface area (Å²) in [7, 11) is 0. The zero-order chi connectivity index (χ0) is 9.68. The fourth-order valence-corrected chi connectivity index (χ4v) is 1.58. The van der Waals surface area contributed by atoms with Gasteiger partial charge in [-0.15, -0.1) is 0 Å². The molecule has 0 aromatic heterocycles. The first-order chi connectivity index (χ1) is 6.22. The molecule has 3 heteroatoms. The maximum absolute atomic E-state index is 8.73. The molecule has 1 rings (SSSR count). The first-order valence-corrected chi connectivity index (χ1v) is 5.12. The second kappa shape index (κ2) is 5.37. The van der Waals surface area contributed by atoms with Crippen LogP contribution in [0.4, 0.5) is 0 Å². The number of aliphatic hydroxyl groups is 1. The fourth-order valence-electron chi connectivity index (χ4n) is 1.14. The van der Waals surface area contributed by atoms with Gasteiger partial charge < -0.3 is 10.8 Å². The minimum Gasteiger partial charge on any atom is -0.395 e. The van der Waals surface area contributed by atoms with Gasteiger partial charge >= 0.3 is 0 Å². The average Bonchev–Trinajstić information content (AvgIpc) is 2.14. The molecule has 72 valence electrons. The van der Waals surface area contributed by atoms with E-state index in [1.54, 1.807) is 0 Å². The van der Waals surface area contributed by atoms with Gasteiger partial charge in [-0.2, -0.15) is 0 Å². The van der Waals surface area contributed by atoms with Gasteiger partial charge in [-0.1, -0.05) is 28.1 Å². The second-order valence-electron chi connectivity index (χ2n) is 3.11. The summed E-state index contributed by atoms with van der Waals surface area (Å²) >= 11 is 3.41. The van der Waals surface area contributed by atoms with Crippen molar-refractivity contribution in [2.45, 2.75) is 18.9 Å². The Hall–Kier alpha value is -0.380. The van der Waals surface area contributed by atoms with Gasteiger partial charge in [0.25, 0.3) is 0 Å². The van der Waals surface area contributed by atoms with Crippen molar-refractivity contribution in [3.05, 3.63) is 34.3 Å². The molecule has 0 aliphatic heterocycles. The lowest BCUT2D eigenvalue weighted by Crippen LogP contribution is -2.24. The van der Waals surface area contributed by atoms with Crippen molar-refractivity contribution in [1.29, 1.82) is 0 Å². The van der Waals surface area contributed by atoms with E-state index in [4.69, 9.17) is 10.8 Å². The zero-order valence-corrected chi connectivity index (χ0v) is 9.00. The van der Waals surface area contributed by atoms with Crippen molar-refractivity contribution in [2.75, 3.05) is 6.61 Å². The molecule has 0 unspecified atom stereocenters. The Bertz CT molecular complexity index is 265. The smallest absolute Gasteiger partial charge is 0.0582 e. The number of benzene rings is 1. The van der Waals surface area contributed by atoms with Gasteiger partial charge in [-0.3, -0.25) is 0 Å². The molecule has 0 aliphatic rings. The monoisotopic (exact) mass is 243 g/mol. The van der Waals surface area contributed by atoms with Gasteiger partial charge in [-0.25, -0.2) is 0 Å². The van der Waals surface area contributed by atoms with Crippen molar-refractivity contribution >= 4 is 15.9 Å². The normalized spacial score (nSPS) is 12.8. The van der Waals surface area contributed by atoms with Crippen LogP contribution in [0, 0.1) is 0 Å². The predicted molar refractivity (Wildman–Crippen MR) is 57.5 cm³/mol. The summed E-state index contributed by atoms with van der Waals surface area (Å²) in [6, 6.07) is 8.04. The van der Waals surface area contributed by atoms with E-state index in [0.717, 1.165) is 17.3 Å². The Balaban J connectivity index is 2.45. The van der Waals surface area contributed by atoms with E-state index in [2.05, 4.69) is 28.1 Å². The quantitative estimate of drug-likeness (QED) is 0.846. The van der Waals surface area contributed by atoms with Crippen LogP contribution >= 0.6 is 15.9 Å². The molecule has 1 atom stereocenters. The summed E-state index contributed by atoms with van der Waals surface area (Å²) in [5, 5.41) is 8.73. The molecule has 0 bridgehead atoms. The molecular weight excluding hydrogens is 230 g/mol. The second-order valence-corrected chi connectivity index (χ2v) is 4.03. The van der Waals surface area contributed by atoms with Gasteiger partial charge in [-0.05, 0) is 30.5 Å². The molecule has 3 N–H and O–H groups in total. The molecule has 0 saturated heterocycles. The topological polar surface area (TPSA) is 46.2 Å². The first kappa shape index (κ1) is 10.7. The lowest BCUT2D eigenvalue weighted by atomic mass is 10.1. The van der Waals surface area contributed by atoms with Crippen molar-refractivity contribution in [1.82, 2.24) is 0 Å². The molecule has 0 amide bonds. The van der Waals surface area contributed by atoms with Crippen LogP contribution in [0.3, 0.4) is 0 Å². The first-order valence-electron chi connectivity index (χ1n) is 4.33. The Kier molecular flexibility index (Phi) is 4.42. The third-order valence-corrected chi connectivity index (χ3v) is 2.42. The number of rotatable bonds is 4. The lowest BCUT2D eigenvalue weighted by Gasteiger charge is -2.07. The minimum atomic E-state index is -0.0982. The van der Waals surface area contributed by atoms with Gasteiger partial charge in [0.1, 0.15) is 0 Å². The van der Waals surface area contributed by atoms with Crippen LogP contribution in [0.15, 0.2) is 28.7 Å². The molecule has 0 spiro atoms. The molecule has 0 radical (unpaired) electrons. The standard InChI is InChI=1S/C10H14BrNO/c11-9-3-1-2-8(6-9)4-5-10(12)7-13/h1-3,6,10,13H,4-5,7,12H2/t10-/m0/s1. The highest BCUT2D eigenvalue weighted by atomic mass is 79.9. The summed E-state index contributed by atoms with van der Waals surface area (Å²) < 4.78 is 1.09. The van der Waals surface area contributed by atoms with E-state index in [-0.39, 0.29) is 12.6 Å². The number of aryl methyl sites for hydroxylation is 1. The Morgan fingerprint density at radius 3 is 2.85 bits per heavy atom. The van der Waals surface area contributed by atoms with Gasteiger partial charge in [0.15, 0.2) is 0 Å². The Morgan fingerprint density at radius 1 is 1.46 bits per heavy atom. The fraction of sp³-hybridized carbons (Fsp3) is 0.400. The molecule has 0 fully saturated rings. The maximum Gasteiger partial charge on any atom is 0.0582 e. The van der Waals surface area contributed by atoms with Crippen LogP contribution in [0.2, 0.25) is 0 Å². The molecular formula is C10H14BrNO. The Morgan fingerprint density at radius 2 is 2.23 bits per heavy atom. The van der Waals surface area contributed by atoms with Crippen molar-refractivity contribution < 1.29 is 5.11 Å². The van der Waals surface area contributed by atoms with E-state index in [0.29, 0.717) is 0 Å². The average molecular weight is 244 g/mol. The minimum absolute atomic E-state index is 0.0635. The SMILES string of the molecule is N[C@H](CO)CCc1cccc(Br)c1. The van der Waals surface area contributed by atoms with E-state index >= 15 is 0 Å². The molecule has 13 heavy (non-hydrogen) atoms. The number of hydrogen-bond acceptors (Lipinski definition) is 2. The molecule has 0 heterocycles. The highest BCUT2D eigenvalue weighted by molar-refractivity contribution is 9.10.